The van der Waals surface area contributed by atoms with E-state index in [0.29, 0.717) is 11.5 Å². The average molecular weight is 278 g/mol. The van der Waals surface area contributed by atoms with Gasteiger partial charge in [0.25, 0.3) is 0 Å². The molecular weight excluding hydrogens is 264 g/mol. The highest BCUT2D eigenvalue weighted by molar-refractivity contribution is 5.92. The van der Waals surface area contributed by atoms with Crippen LogP contribution in [-0.4, -0.2) is 20.2 Å². The molecule has 6 heteroatoms. The summed E-state index contributed by atoms with van der Waals surface area (Å²) in [5.41, 5.74) is -0.131. The number of carbonyl (C=O) groups excluding carboxylic acids is 1. The molecule has 0 radical (unpaired) electrons. The van der Waals surface area contributed by atoms with Gasteiger partial charge in [-0.2, -0.15) is 0 Å². The molecule has 0 bridgehead atoms. The van der Waals surface area contributed by atoms with Gasteiger partial charge >= 0.3 is 5.97 Å². The van der Waals surface area contributed by atoms with Gasteiger partial charge in [0, 0.05) is 19.1 Å². The van der Waals surface area contributed by atoms with Gasteiger partial charge < -0.3 is 18.6 Å². The third-order valence-electron chi connectivity index (χ3n) is 2.69. The Balaban J connectivity index is 2.93. The third kappa shape index (κ3) is 2.32. The number of hydrogen-bond donors (Lipinski definition) is 0. The maximum absolute atomic E-state index is 12.1. The Kier molecular flexibility index (Phi) is 3.65. The molecule has 0 N–H and O–H groups in total. The topological polar surface area (TPSA) is 75.0 Å². The average Bonchev–Trinajstić information content (AvgIpc) is 2.36. The van der Waals surface area contributed by atoms with Crippen molar-refractivity contribution in [3.63, 3.8) is 0 Å². The highest BCUT2D eigenvalue weighted by Gasteiger charge is 2.20. The van der Waals surface area contributed by atoms with E-state index in [2.05, 4.69) is 0 Å². The van der Waals surface area contributed by atoms with E-state index in [9.17, 15) is 9.59 Å². The van der Waals surface area contributed by atoms with Gasteiger partial charge in [0.15, 0.2) is 16.8 Å². The quantitative estimate of drug-likeness (QED) is 0.631. The van der Waals surface area contributed by atoms with Crippen LogP contribution in [0.1, 0.15) is 12.7 Å². The van der Waals surface area contributed by atoms with Crippen LogP contribution in [0.4, 0.5) is 0 Å². The zero-order valence-corrected chi connectivity index (χ0v) is 11.6. The monoisotopic (exact) mass is 278 g/mol. The van der Waals surface area contributed by atoms with Gasteiger partial charge in [-0.05, 0) is 6.92 Å². The molecule has 6 nitrogen and oxygen atoms in total. The first-order chi connectivity index (χ1) is 9.47. The van der Waals surface area contributed by atoms with Gasteiger partial charge in [0.2, 0.25) is 5.75 Å². The number of fused-ring (bicyclic) bond motifs is 1. The van der Waals surface area contributed by atoms with Crippen LogP contribution in [0, 0.1) is 6.92 Å². The van der Waals surface area contributed by atoms with E-state index >= 15 is 0 Å². The molecule has 2 aromatic rings. The first-order valence-corrected chi connectivity index (χ1v) is 5.85. The van der Waals surface area contributed by atoms with Crippen molar-refractivity contribution in [1.82, 2.24) is 0 Å². The molecule has 0 aliphatic rings. The molecule has 1 aromatic heterocycles. The van der Waals surface area contributed by atoms with Crippen LogP contribution in [0.3, 0.4) is 0 Å². The van der Waals surface area contributed by atoms with Crippen molar-refractivity contribution in [2.75, 3.05) is 14.2 Å². The molecular formula is C14H14O6. The van der Waals surface area contributed by atoms with Crippen molar-refractivity contribution < 1.29 is 23.4 Å². The largest absolute Gasteiger partial charge is 0.493 e. The minimum Gasteiger partial charge on any atom is -0.493 e. The van der Waals surface area contributed by atoms with Crippen molar-refractivity contribution in [1.29, 1.82) is 0 Å². The summed E-state index contributed by atoms with van der Waals surface area (Å²) in [5.74, 6) is 0.546. The molecule has 106 valence electrons. The smallest absolute Gasteiger partial charge is 0.308 e. The number of ether oxygens (including phenoxy) is 3. The van der Waals surface area contributed by atoms with Crippen molar-refractivity contribution >= 4 is 16.9 Å². The minimum absolute atomic E-state index is 0.0823. The molecule has 0 saturated carbocycles. The second-order valence-electron chi connectivity index (χ2n) is 4.13. The second-order valence-corrected chi connectivity index (χ2v) is 4.13. The normalized spacial score (nSPS) is 10.4. The van der Waals surface area contributed by atoms with Gasteiger partial charge in [-0.1, -0.05) is 0 Å². The summed E-state index contributed by atoms with van der Waals surface area (Å²) < 4.78 is 21.0. The van der Waals surface area contributed by atoms with E-state index in [1.54, 1.807) is 6.92 Å². The number of methoxy groups -OCH3 is 2. The minimum atomic E-state index is -0.543. The van der Waals surface area contributed by atoms with Gasteiger partial charge in [-0.15, -0.1) is 0 Å². The predicted molar refractivity (Wildman–Crippen MR) is 71.6 cm³/mol. The van der Waals surface area contributed by atoms with E-state index < -0.39 is 5.97 Å². The lowest BCUT2D eigenvalue weighted by Crippen LogP contribution is -2.09. The summed E-state index contributed by atoms with van der Waals surface area (Å²) in [7, 11) is 2.88. The van der Waals surface area contributed by atoms with Crippen LogP contribution in [0.2, 0.25) is 0 Å². The highest BCUT2D eigenvalue weighted by atomic mass is 16.5. The Hall–Kier alpha value is -2.50. The van der Waals surface area contributed by atoms with Crippen LogP contribution in [-0.2, 0) is 4.79 Å². The van der Waals surface area contributed by atoms with Gasteiger partial charge in [0.05, 0.1) is 14.2 Å². The number of hydrogen-bond acceptors (Lipinski definition) is 6. The van der Waals surface area contributed by atoms with E-state index in [1.165, 1.54) is 33.3 Å². The molecule has 0 amide bonds. The third-order valence-corrected chi connectivity index (χ3v) is 2.69. The fourth-order valence-corrected chi connectivity index (χ4v) is 1.95. The first-order valence-electron chi connectivity index (χ1n) is 5.85. The maximum atomic E-state index is 12.1. The molecule has 0 spiro atoms. The summed E-state index contributed by atoms with van der Waals surface area (Å²) in [6.45, 7) is 2.89. The van der Waals surface area contributed by atoms with E-state index in [-0.39, 0.29) is 27.9 Å². The van der Waals surface area contributed by atoms with E-state index in [4.69, 9.17) is 18.6 Å². The predicted octanol–water partition coefficient (Wildman–Crippen LogP) is 2.04. The van der Waals surface area contributed by atoms with Gasteiger partial charge in [-0.25, -0.2) is 0 Å². The summed E-state index contributed by atoms with van der Waals surface area (Å²) in [5, 5.41) is 0.142. The summed E-state index contributed by atoms with van der Waals surface area (Å²) in [4.78, 5) is 23.3. The molecule has 0 atom stereocenters. The van der Waals surface area contributed by atoms with Crippen molar-refractivity contribution in [3.8, 4) is 17.2 Å². The lowest BCUT2D eigenvalue weighted by atomic mass is 10.1. The maximum Gasteiger partial charge on any atom is 0.308 e. The highest BCUT2D eigenvalue weighted by Crippen LogP contribution is 2.40. The number of esters is 1. The lowest BCUT2D eigenvalue weighted by molar-refractivity contribution is -0.131. The number of rotatable bonds is 3. The summed E-state index contributed by atoms with van der Waals surface area (Å²) in [6.07, 6.45) is 0. The van der Waals surface area contributed by atoms with Crippen LogP contribution >= 0.6 is 0 Å². The Morgan fingerprint density at radius 3 is 2.40 bits per heavy atom. The van der Waals surface area contributed by atoms with E-state index in [0.717, 1.165) is 0 Å². The Bertz CT molecular complexity index is 729. The molecule has 0 aliphatic heterocycles. The van der Waals surface area contributed by atoms with Gasteiger partial charge in [-0.3, -0.25) is 9.59 Å². The number of carbonyl (C=O) groups is 1. The molecule has 0 saturated heterocycles. The van der Waals surface area contributed by atoms with Crippen LogP contribution in [0.15, 0.2) is 21.3 Å². The zero-order valence-electron chi connectivity index (χ0n) is 11.6. The standard InChI is InChI=1S/C14H14O6/c1-7-5-9(16)12-10(20-8(2)15)6-11(17-3)13(18-4)14(12)19-7/h5-6H,1-4H3. The van der Waals surface area contributed by atoms with Crippen LogP contribution in [0.5, 0.6) is 17.2 Å². The van der Waals surface area contributed by atoms with Crippen LogP contribution in [0.25, 0.3) is 11.0 Å². The fraction of sp³-hybridized carbons (Fsp3) is 0.286. The molecule has 20 heavy (non-hydrogen) atoms. The molecule has 2 rings (SSSR count). The van der Waals surface area contributed by atoms with Crippen molar-refractivity contribution in [2.45, 2.75) is 13.8 Å². The number of aryl methyl sites for hydroxylation is 1. The summed E-state index contributed by atoms with van der Waals surface area (Å²) >= 11 is 0. The number of benzene rings is 1. The zero-order chi connectivity index (χ0) is 14.9. The summed E-state index contributed by atoms with van der Waals surface area (Å²) in [6, 6.07) is 2.75. The van der Waals surface area contributed by atoms with E-state index in [1.807, 2.05) is 0 Å². The SMILES string of the molecule is COc1cc(OC(C)=O)c2c(=O)cc(C)oc2c1OC. The molecule has 0 aliphatic carbocycles. The Morgan fingerprint density at radius 1 is 1.15 bits per heavy atom. The van der Waals surface area contributed by atoms with Crippen molar-refractivity contribution in [3.05, 3.63) is 28.1 Å². The molecule has 0 fully saturated rings. The Morgan fingerprint density at radius 2 is 1.85 bits per heavy atom. The fourth-order valence-electron chi connectivity index (χ4n) is 1.95. The molecule has 1 heterocycles. The lowest BCUT2D eigenvalue weighted by Gasteiger charge is -2.13. The molecule has 1 aromatic carbocycles. The Labute approximate surface area is 114 Å². The molecule has 0 unspecified atom stereocenters. The van der Waals surface area contributed by atoms with Crippen molar-refractivity contribution in [2.24, 2.45) is 0 Å². The first kappa shape index (κ1) is 13.9. The van der Waals surface area contributed by atoms with Crippen LogP contribution < -0.4 is 19.6 Å². The van der Waals surface area contributed by atoms with Gasteiger partial charge in [0.1, 0.15) is 16.9 Å². The second kappa shape index (κ2) is 5.24.